The lowest BCUT2D eigenvalue weighted by Gasteiger charge is -2.19. The summed E-state index contributed by atoms with van der Waals surface area (Å²) in [7, 11) is 0. The molecule has 0 spiro atoms. The first kappa shape index (κ1) is 42.9. The smallest absolute Gasteiger partial charge is 0.407 e. The highest BCUT2D eigenvalue weighted by molar-refractivity contribution is 7.22. The number of terminal acetylenes is 1. The maximum Gasteiger partial charge on any atom is 0.407 e. The number of ether oxygens (including phenoxy) is 3. The van der Waals surface area contributed by atoms with Crippen LogP contribution in [0.1, 0.15) is 44.7 Å². The van der Waals surface area contributed by atoms with Crippen molar-refractivity contribution in [3.05, 3.63) is 83.9 Å². The minimum atomic E-state index is -0.517. The number of hydrogen-bond donors (Lipinski definition) is 1. The van der Waals surface area contributed by atoms with Crippen molar-refractivity contribution in [1.29, 1.82) is 0 Å². The lowest BCUT2D eigenvalue weighted by Crippen LogP contribution is -2.34. The van der Waals surface area contributed by atoms with Crippen LogP contribution in [0.2, 0.25) is 0 Å². The van der Waals surface area contributed by atoms with Gasteiger partial charge in [-0.1, -0.05) is 30.3 Å². The number of carbonyl (C=O) groups is 1. The second-order valence-corrected chi connectivity index (χ2v) is 12.5. The molecular formula is C36H50N2O8S. The number of hydrogen-bond acceptors (Lipinski definition) is 6. The molecule has 0 atom stereocenters. The van der Waals surface area contributed by atoms with Crippen molar-refractivity contribution >= 4 is 27.5 Å². The predicted molar refractivity (Wildman–Crippen MR) is 192 cm³/mol. The molecule has 11 heteroatoms. The van der Waals surface area contributed by atoms with Gasteiger partial charge in [-0.25, -0.2) is 4.79 Å². The van der Waals surface area contributed by atoms with Crippen LogP contribution in [-0.4, -0.2) is 77.9 Å². The monoisotopic (exact) mass is 670 g/mol. The third-order valence-electron chi connectivity index (χ3n) is 7.03. The van der Waals surface area contributed by atoms with Crippen molar-refractivity contribution in [2.24, 2.45) is 0 Å². The Bertz CT molecular complexity index is 1480. The Hall–Kier alpha value is -4.15. The van der Waals surface area contributed by atoms with Gasteiger partial charge in [-0.15, -0.1) is 24.2 Å². The molecule has 0 saturated carbocycles. The minimum Gasteiger partial charge on any atom is -0.492 e. The highest BCUT2D eigenvalue weighted by Crippen LogP contribution is 2.40. The van der Waals surface area contributed by atoms with Crippen LogP contribution in [0, 0.1) is 12.8 Å². The minimum absolute atomic E-state index is 0. The summed E-state index contributed by atoms with van der Waals surface area (Å²) in [5, 5.41) is 4.02. The summed E-state index contributed by atoms with van der Waals surface area (Å²) >= 11 is 1.83. The molecule has 1 aliphatic rings. The summed E-state index contributed by atoms with van der Waals surface area (Å²) in [6.07, 6.45) is 11.0. The number of rotatable bonds is 11. The Morgan fingerprint density at radius 3 is 2.02 bits per heavy atom. The van der Waals surface area contributed by atoms with Crippen molar-refractivity contribution in [3.63, 3.8) is 0 Å². The maximum absolute atomic E-state index is 11.8. The normalized spacial score (nSPS) is 12.1. The predicted octanol–water partition coefficient (Wildman–Crippen LogP) is 4.49. The summed E-state index contributed by atoms with van der Waals surface area (Å²) in [4.78, 5) is 15.6. The van der Waals surface area contributed by atoms with Gasteiger partial charge < -0.3 is 41.4 Å². The Morgan fingerprint density at radius 2 is 1.40 bits per heavy atom. The van der Waals surface area contributed by atoms with E-state index in [-0.39, 0.29) is 21.9 Å². The summed E-state index contributed by atoms with van der Waals surface area (Å²) in [6.45, 7) is 10.4. The number of alkyl carbamates (subject to hydrolysis) is 1. The molecule has 0 bridgehead atoms. The molecular weight excluding hydrogens is 620 g/mol. The lowest BCUT2D eigenvalue weighted by molar-refractivity contribution is 0.0520. The lowest BCUT2D eigenvalue weighted by atomic mass is 9.99. The fraction of sp³-hybridized carbons (Fsp3) is 0.361. The van der Waals surface area contributed by atoms with Crippen LogP contribution >= 0.6 is 11.3 Å². The Morgan fingerprint density at radius 1 is 0.830 bits per heavy atom. The maximum atomic E-state index is 11.8. The molecule has 47 heavy (non-hydrogen) atoms. The van der Waals surface area contributed by atoms with E-state index in [1.807, 2.05) is 44.2 Å². The Kier molecular flexibility index (Phi) is 19.0. The van der Waals surface area contributed by atoms with Crippen LogP contribution in [0.5, 0.6) is 11.5 Å². The summed E-state index contributed by atoms with van der Waals surface area (Å²) in [6, 6.07) is 25.4. The molecule has 10 nitrogen and oxygen atoms in total. The van der Waals surface area contributed by atoms with Gasteiger partial charge in [0.1, 0.15) is 30.3 Å². The highest BCUT2D eigenvalue weighted by atomic mass is 32.1. The molecule has 1 fully saturated rings. The molecule has 0 aliphatic carbocycles. The van der Waals surface area contributed by atoms with Crippen molar-refractivity contribution < 1.29 is 40.9 Å². The summed E-state index contributed by atoms with van der Waals surface area (Å²) in [5.41, 5.74) is 3.25. The van der Waals surface area contributed by atoms with Gasteiger partial charge in [0.05, 0.1) is 6.54 Å². The number of nitrogens with one attached hydrogen (secondary N) is 1. The van der Waals surface area contributed by atoms with Gasteiger partial charge in [-0.05, 0) is 118 Å². The van der Waals surface area contributed by atoms with Crippen molar-refractivity contribution in [1.82, 2.24) is 10.2 Å². The zero-order chi connectivity index (χ0) is 30.7. The zero-order valence-electron chi connectivity index (χ0n) is 27.4. The van der Waals surface area contributed by atoms with E-state index in [0.717, 1.165) is 31.1 Å². The number of thiophene rings is 1. The summed E-state index contributed by atoms with van der Waals surface area (Å²) in [5.74, 6) is 1.70. The Labute approximate surface area is 281 Å². The van der Waals surface area contributed by atoms with E-state index >= 15 is 0 Å². The van der Waals surface area contributed by atoms with Crippen LogP contribution in [0.25, 0.3) is 20.5 Å². The van der Waals surface area contributed by atoms with E-state index in [2.05, 4.69) is 83.7 Å². The molecule has 0 radical (unpaired) electrons. The third-order valence-corrected chi connectivity index (χ3v) is 8.30. The van der Waals surface area contributed by atoms with Crippen LogP contribution in [0.15, 0.2) is 72.8 Å². The Balaban J connectivity index is 0.00000346. The van der Waals surface area contributed by atoms with Gasteiger partial charge in [-0.3, -0.25) is 4.90 Å². The van der Waals surface area contributed by atoms with Crippen LogP contribution < -0.4 is 14.8 Å². The number of likely N-dealkylation sites (tertiary alicyclic amines) is 1. The zero-order valence-corrected chi connectivity index (χ0v) is 28.3. The van der Waals surface area contributed by atoms with Gasteiger partial charge in [0, 0.05) is 16.1 Å². The number of carbonyl (C=O) groups excluding carboxylic acids is 1. The fourth-order valence-corrected chi connectivity index (χ4v) is 6.28. The number of nitrogens with zero attached hydrogens (tertiary/aromatic N) is 1. The molecule has 1 aromatic heterocycles. The van der Waals surface area contributed by atoms with Gasteiger partial charge in [0.25, 0.3) is 0 Å². The molecule has 1 aliphatic heterocycles. The first-order valence-electron chi connectivity index (χ1n) is 14.8. The van der Waals surface area contributed by atoms with Crippen LogP contribution in [0.4, 0.5) is 4.79 Å². The molecule has 1 saturated heterocycles. The molecule has 4 aromatic rings. The average Bonchev–Trinajstić information content (AvgIpc) is 3.65. The van der Waals surface area contributed by atoms with Crippen molar-refractivity contribution in [3.8, 4) is 34.8 Å². The number of benzene rings is 3. The van der Waals surface area contributed by atoms with Gasteiger partial charge >= 0.3 is 6.09 Å². The molecule has 9 N–H and O–H groups in total. The van der Waals surface area contributed by atoms with E-state index in [1.54, 1.807) is 0 Å². The topological polar surface area (TPSA) is 186 Å². The largest absolute Gasteiger partial charge is 0.492 e. The van der Waals surface area contributed by atoms with Crippen molar-refractivity contribution in [2.45, 2.75) is 45.6 Å². The molecule has 5 rings (SSSR count). The highest BCUT2D eigenvalue weighted by Gasteiger charge is 2.17. The van der Waals surface area contributed by atoms with Crippen molar-refractivity contribution in [2.75, 3.05) is 39.4 Å². The van der Waals surface area contributed by atoms with E-state index in [4.69, 9.17) is 14.2 Å². The molecule has 0 unspecified atom stereocenters. The second kappa shape index (κ2) is 20.9. The van der Waals surface area contributed by atoms with E-state index in [0.29, 0.717) is 13.2 Å². The number of fused-ring (bicyclic) bond motifs is 1. The van der Waals surface area contributed by atoms with Crippen LogP contribution in [-0.2, 0) is 11.2 Å². The van der Waals surface area contributed by atoms with E-state index in [9.17, 15) is 4.79 Å². The standard InChI is InChI=1S/C34H40N2O4S.C2H2.4H2O/c1-34(2,3)40-33(37)35-18-22-38-28-16-12-26(13-17-28)32-30(29-8-4-5-9-31(29)41-32)24-25-10-14-27(15-11-25)39-23-21-36-19-6-7-20-36;1-2;;;;/h4-5,8-17H,6-7,18-24H2,1-3H3,(H,35,37);1-2H;4*1H2. The van der Waals surface area contributed by atoms with Gasteiger partial charge in [0.15, 0.2) is 0 Å². The fourth-order valence-electron chi connectivity index (χ4n) is 5.05. The molecule has 2 heterocycles. The van der Waals surface area contributed by atoms with E-state index < -0.39 is 11.7 Å². The molecule has 258 valence electrons. The van der Waals surface area contributed by atoms with E-state index in [1.165, 1.54) is 57.6 Å². The SMILES string of the molecule is C#C.CC(C)(C)OC(=O)NCCOc1ccc(-c2sc3ccccc3c2Cc2ccc(OCCN3CCCC3)cc2)cc1.O.O.O.O. The summed E-state index contributed by atoms with van der Waals surface area (Å²) < 4.78 is 18.4. The van der Waals surface area contributed by atoms with Gasteiger partial charge in [-0.2, -0.15) is 0 Å². The first-order valence-corrected chi connectivity index (χ1v) is 15.6. The molecule has 3 aromatic carbocycles. The van der Waals surface area contributed by atoms with Gasteiger partial charge in [0.2, 0.25) is 0 Å². The first-order chi connectivity index (χ1) is 20.8. The third kappa shape index (κ3) is 12.9. The number of amides is 1. The molecule has 1 amide bonds. The average molecular weight is 671 g/mol. The second-order valence-electron chi connectivity index (χ2n) is 11.4. The van der Waals surface area contributed by atoms with Crippen LogP contribution in [0.3, 0.4) is 0 Å². The quantitative estimate of drug-likeness (QED) is 0.182.